The van der Waals surface area contributed by atoms with Crippen molar-refractivity contribution in [1.29, 1.82) is 0 Å². The van der Waals surface area contributed by atoms with Gasteiger partial charge in [-0.3, -0.25) is 9.59 Å². The molecule has 0 spiro atoms. The lowest BCUT2D eigenvalue weighted by molar-refractivity contribution is -0.136. The van der Waals surface area contributed by atoms with E-state index in [-0.39, 0.29) is 47.8 Å². The topological polar surface area (TPSA) is 187 Å². The number of alkyl carbamates (subject to hydrolysis) is 2. The van der Waals surface area contributed by atoms with Gasteiger partial charge in [-0.15, -0.1) is 0 Å². The third-order valence-corrected chi connectivity index (χ3v) is 12.0. The fourth-order valence-electron chi connectivity index (χ4n) is 9.08. The first-order chi connectivity index (χ1) is 28.4. The predicted molar refractivity (Wildman–Crippen MR) is 218 cm³/mol. The lowest BCUT2D eigenvalue weighted by atomic mass is 9.92. The number of imidazole rings is 2. The molecule has 7 rings (SSSR count). The second kappa shape index (κ2) is 17.6. The van der Waals surface area contributed by atoms with E-state index >= 15 is 0 Å². The van der Waals surface area contributed by atoms with Crippen molar-refractivity contribution in [3.63, 3.8) is 0 Å². The Hall–Kier alpha value is -5.80. The Labute approximate surface area is 345 Å². The number of ether oxygens (including phenoxy) is 2. The molecule has 0 radical (unpaired) electrons. The maximum absolute atomic E-state index is 13.6. The minimum atomic E-state index is -0.707. The Balaban J connectivity index is 1.10. The van der Waals surface area contributed by atoms with Gasteiger partial charge in [0, 0.05) is 36.3 Å². The third-order valence-electron chi connectivity index (χ3n) is 12.0. The van der Waals surface area contributed by atoms with Crippen LogP contribution in [-0.4, -0.2) is 93.1 Å². The molecule has 0 saturated carbocycles. The molecule has 7 atom stereocenters. The second-order valence-electron chi connectivity index (χ2n) is 16.8. The average Bonchev–Trinajstić information content (AvgIpc) is 4.07. The maximum atomic E-state index is 13.6. The number of nitrogens with zero attached hydrogens (tertiary/aromatic N) is 4. The van der Waals surface area contributed by atoms with E-state index in [1.54, 1.807) is 22.2 Å². The van der Waals surface area contributed by atoms with Crippen molar-refractivity contribution in [2.45, 2.75) is 109 Å². The van der Waals surface area contributed by atoms with E-state index in [9.17, 15) is 19.2 Å². The van der Waals surface area contributed by atoms with Gasteiger partial charge in [-0.05, 0) is 91.4 Å². The lowest BCUT2D eigenvalue weighted by Crippen LogP contribution is -2.51. The molecule has 59 heavy (non-hydrogen) atoms. The van der Waals surface area contributed by atoms with Gasteiger partial charge in [0.15, 0.2) is 0 Å². The summed E-state index contributed by atoms with van der Waals surface area (Å²) in [5.74, 6) is 14.8. The molecule has 2 aromatic heterocycles. The van der Waals surface area contributed by atoms with Crippen LogP contribution >= 0.6 is 0 Å². The Morgan fingerprint density at radius 3 is 1.53 bits per heavy atom. The Morgan fingerprint density at radius 1 is 0.712 bits per heavy atom. The third kappa shape index (κ3) is 8.67. The van der Waals surface area contributed by atoms with Crippen molar-refractivity contribution >= 4 is 24.0 Å². The van der Waals surface area contributed by atoms with Gasteiger partial charge in [0.25, 0.3) is 0 Å². The number of aromatic amines is 2. The van der Waals surface area contributed by atoms with Gasteiger partial charge in [-0.2, -0.15) is 0 Å². The fraction of sp³-hybridized carbons (Fsp3) is 0.545. The van der Waals surface area contributed by atoms with Crippen molar-refractivity contribution in [3.8, 4) is 23.7 Å². The number of amides is 4. The smallest absolute Gasteiger partial charge is 0.407 e. The summed E-state index contributed by atoms with van der Waals surface area (Å²) >= 11 is 0. The number of piperidine rings is 1. The van der Waals surface area contributed by atoms with Gasteiger partial charge in [0.2, 0.25) is 11.8 Å². The molecule has 15 heteroatoms. The molecule has 4 aliphatic rings. The summed E-state index contributed by atoms with van der Waals surface area (Å²) in [5.41, 5.74) is 5.58. The van der Waals surface area contributed by atoms with E-state index < -0.39 is 24.3 Å². The predicted octanol–water partition coefficient (Wildman–Crippen LogP) is 5.14. The lowest BCUT2D eigenvalue weighted by Gasteiger charge is -2.29. The molecular formula is C44H55N9O6. The Kier molecular flexibility index (Phi) is 12.3. The standard InChI is InChI=1S/C44H55N9O6/c1-24(2)37(50-43(56)58-6)41(54)52-18-8-10-33(52)39-45-22-29(47-39)16-14-27-12-13-28(36-32-21-26(5)20-31(49-32)35(27)36)15-17-30-23-46-40(48-30)34-11-9-19-53(34)42(55)38(25(3)4)51-44(57)59-7/h12-13,22-26,31-34,37-38,49H,8-11,18-21H2,1-7H3,(H,45,47)(H,46,48)(H,50,56)(H,51,57)/t26?,31?,32?,33-,34+,37-,38-/m0/s1. The highest BCUT2D eigenvalue weighted by Gasteiger charge is 2.41. The van der Waals surface area contributed by atoms with Crippen LogP contribution in [0.1, 0.15) is 143 Å². The molecule has 3 aromatic rings. The number of fused-ring (bicyclic) bond motifs is 5. The van der Waals surface area contributed by atoms with Crippen LogP contribution in [0.25, 0.3) is 0 Å². The minimum Gasteiger partial charge on any atom is -0.453 e. The van der Waals surface area contributed by atoms with Crippen LogP contribution in [0.5, 0.6) is 0 Å². The second-order valence-corrected chi connectivity index (χ2v) is 16.8. The molecule has 2 bridgehead atoms. The highest BCUT2D eigenvalue weighted by Crippen LogP contribution is 2.47. The summed E-state index contributed by atoms with van der Waals surface area (Å²) in [4.78, 5) is 70.9. The number of benzene rings is 1. The summed E-state index contributed by atoms with van der Waals surface area (Å²) in [6.45, 7) is 11.0. The number of hydrogen-bond donors (Lipinski definition) is 5. The summed E-state index contributed by atoms with van der Waals surface area (Å²) in [6.07, 6.45) is 7.35. The monoisotopic (exact) mass is 805 g/mol. The Morgan fingerprint density at radius 2 is 1.14 bits per heavy atom. The van der Waals surface area contributed by atoms with E-state index in [0.717, 1.165) is 49.7 Å². The zero-order chi connectivity index (χ0) is 42.0. The zero-order valence-electron chi connectivity index (χ0n) is 34.9. The quantitative estimate of drug-likeness (QED) is 0.192. The number of aromatic nitrogens is 4. The molecule has 15 nitrogen and oxygen atoms in total. The van der Waals surface area contributed by atoms with Crippen molar-refractivity contribution in [2.75, 3.05) is 27.3 Å². The van der Waals surface area contributed by atoms with E-state index in [1.165, 1.54) is 25.3 Å². The first kappa shape index (κ1) is 41.4. The maximum Gasteiger partial charge on any atom is 0.407 e. The largest absolute Gasteiger partial charge is 0.453 e. The number of carbonyl (C=O) groups excluding carboxylic acids is 4. The molecule has 3 unspecified atom stereocenters. The fourth-order valence-corrected chi connectivity index (χ4v) is 9.08. The van der Waals surface area contributed by atoms with Crippen molar-refractivity contribution < 1.29 is 28.7 Å². The van der Waals surface area contributed by atoms with Gasteiger partial charge >= 0.3 is 12.2 Å². The summed E-state index contributed by atoms with van der Waals surface area (Å²) in [5, 5.41) is 9.22. The molecule has 3 fully saturated rings. The number of methoxy groups -OCH3 is 2. The van der Waals surface area contributed by atoms with Crippen molar-refractivity contribution in [1.82, 2.24) is 45.7 Å². The number of hydrogen-bond acceptors (Lipinski definition) is 9. The number of nitrogens with one attached hydrogen (secondary N) is 5. The average molecular weight is 806 g/mol. The highest BCUT2D eigenvalue weighted by atomic mass is 16.5. The van der Waals surface area contributed by atoms with Crippen molar-refractivity contribution in [2.24, 2.45) is 17.8 Å². The first-order valence-corrected chi connectivity index (χ1v) is 20.7. The van der Waals surface area contributed by atoms with Gasteiger partial charge in [-0.25, -0.2) is 19.6 Å². The number of carbonyl (C=O) groups is 4. The van der Waals surface area contributed by atoms with Crippen LogP contribution in [0.3, 0.4) is 0 Å². The van der Waals surface area contributed by atoms with Crippen LogP contribution in [0.15, 0.2) is 24.5 Å². The molecule has 312 valence electrons. The summed E-state index contributed by atoms with van der Waals surface area (Å²) in [7, 11) is 2.57. The minimum absolute atomic E-state index is 0.121. The normalized spacial score (nSPS) is 22.8. The highest BCUT2D eigenvalue weighted by molar-refractivity contribution is 5.87. The zero-order valence-corrected chi connectivity index (χ0v) is 34.9. The number of H-pyrrole nitrogens is 2. The molecule has 1 aromatic carbocycles. The Bertz CT molecular complexity index is 2050. The van der Waals surface area contributed by atoms with E-state index in [0.29, 0.717) is 42.0 Å². The number of rotatable bonds is 8. The van der Waals surface area contributed by atoms with Gasteiger partial charge < -0.3 is 45.2 Å². The van der Waals surface area contributed by atoms with Crippen LogP contribution in [-0.2, 0) is 19.1 Å². The van der Waals surface area contributed by atoms with Crippen molar-refractivity contribution in [3.05, 3.63) is 69.8 Å². The molecule has 3 saturated heterocycles. The van der Waals surface area contributed by atoms with Gasteiger partial charge in [0.05, 0.1) is 38.7 Å². The van der Waals surface area contributed by atoms with E-state index in [2.05, 4.69) is 66.5 Å². The van der Waals surface area contributed by atoms with Crippen LogP contribution in [0, 0.1) is 41.4 Å². The molecule has 5 N–H and O–H groups in total. The van der Waals surface area contributed by atoms with Crippen LogP contribution in [0.4, 0.5) is 9.59 Å². The SMILES string of the molecule is COC(=O)N[C@H](C(=O)N1CCC[C@@H]1c1ncc(C#Cc2ccc(C#Cc3cnc([C@@H]4CCCN4C(=O)[C@@H](NC(=O)OC)C(C)C)[nH]3)c3c2C2CC(C)CC3N2)[nH]1)C(C)C. The van der Waals surface area contributed by atoms with Crippen LogP contribution < -0.4 is 16.0 Å². The van der Waals surface area contributed by atoms with Crippen LogP contribution in [0.2, 0.25) is 0 Å². The molecule has 6 heterocycles. The van der Waals surface area contributed by atoms with Gasteiger partial charge in [-0.1, -0.05) is 46.5 Å². The van der Waals surface area contributed by atoms with E-state index in [1.807, 2.05) is 39.8 Å². The molecule has 4 amide bonds. The first-order valence-electron chi connectivity index (χ1n) is 20.7. The molecule has 4 aliphatic heterocycles. The summed E-state index contributed by atoms with van der Waals surface area (Å²) in [6, 6.07) is 2.52. The van der Waals surface area contributed by atoms with E-state index in [4.69, 9.17) is 9.47 Å². The summed E-state index contributed by atoms with van der Waals surface area (Å²) < 4.78 is 9.54. The van der Waals surface area contributed by atoms with Gasteiger partial charge in [0.1, 0.15) is 35.1 Å². The number of likely N-dealkylation sites (tertiary alicyclic amines) is 2. The molecule has 0 aliphatic carbocycles. The molecular weight excluding hydrogens is 751 g/mol.